The summed E-state index contributed by atoms with van der Waals surface area (Å²) < 4.78 is 14.7. The van der Waals surface area contributed by atoms with E-state index in [2.05, 4.69) is 10.4 Å². The molecule has 0 bridgehead atoms. The van der Waals surface area contributed by atoms with E-state index in [0.717, 1.165) is 0 Å². The summed E-state index contributed by atoms with van der Waals surface area (Å²) in [6, 6.07) is 16.6. The lowest BCUT2D eigenvalue weighted by atomic mass is 10.2. The van der Waals surface area contributed by atoms with Crippen molar-refractivity contribution in [3.63, 3.8) is 0 Å². The van der Waals surface area contributed by atoms with Gasteiger partial charge in [0.2, 0.25) is 11.8 Å². The minimum absolute atomic E-state index is 0.0239. The number of nitrogens with zero attached hydrogens (tertiary/aromatic N) is 4. The number of nitrogens with one attached hydrogen (secondary N) is 1. The summed E-state index contributed by atoms with van der Waals surface area (Å²) in [6.45, 7) is 0.0428. The molecule has 152 valence electrons. The van der Waals surface area contributed by atoms with Crippen molar-refractivity contribution in [1.82, 2.24) is 9.78 Å². The Balaban J connectivity index is 1.82. The molecule has 3 aromatic rings. The number of carbonyl (C=O) groups is 2. The van der Waals surface area contributed by atoms with Crippen molar-refractivity contribution in [3.05, 3.63) is 72.2 Å². The van der Waals surface area contributed by atoms with Gasteiger partial charge in [0.05, 0.1) is 18.4 Å². The minimum atomic E-state index is -0.517. The number of rotatable bonds is 8. The van der Waals surface area contributed by atoms with Crippen molar-refractivity contribution in [2.75, 3.05) is 23.3 Å². The SMILES string of the molecule is N#Cc1cnn(-c2ccccc2)c1NC(=O)CN(CCC(N)=O)c1ccc(F)cc1. The van der Waals surface area contributed by atoms with Crippen molar-refractivity contribution in [1.29, 1.82) is 5.26 Å². The van der Waals surface area contributed by atoms with E-state index in [1.54, 1.807) is 17.0 Å². The summed E-state index contributed by atoms with van der Waals surface area (Å²) in [7, 11) is 0. The molecule has 0 aliphatic carbocycles. The van der Waals surface area contributed by atoms with Crippen LogP contribution in [-0.2, 0) is 9.59 Å². The van der Waals surface area contributed by atoms with Crippen LogP contribution in [0.15, 0.2) is 60.8 Å². The average molecular weight is 406 g/mol. The molecule has 8 nitrogen and oxygen atoms in total. The van der Waals surface area contributed by atoms with E-state index in [0.29, 0.717) is 11.4 Å². The smallest absolute Gasteiger partial charge is 0.245 e. The van der Waals surface area contributed by atoms with Crippen molar-refractivity contribution in [2.45, 2.75) is 6.42 Å². The van der Waals surface area contributed by atoms with Crippen molar-refractivity contribution < 1.29 is 14.0 Å². The normalized spacial score (nSPS) is 10.3. The van der Waals surface area contributed by atoms with Crippen molar-refractivity contribution >= 4 is 23.3 Å². The van der Waals surface area contributed by atoms with E-state index < -0.39 is 17.6 Å². The van der Waals surface area contributed by atoms with Crippen LogP contribution in [0.1, 0.15) is 12.0 Å². The highest BCUT2D eigenvalue weighted by Crippen LogP contribution is 2.20. The number of nitrogens with two attached hydrogens (primary N) is 1. The molecule has 3 N–H and O–H groups in total. The fourth-order valence-electron chi connectivity index (χ4n) is 2.86. The lowest BCUT2D eigenvalue weighted by molar-refractivity contribution is -0.118. The first-order chi connectivity index (χ1) is 14.5. The van der Waals surface area contributed by atoms with Gasteiger partial charge in [0.1, 0.15) is 17.4 Å². The number of amides is 2. The number of nitriles is 1. The van der Waals surface area contributed by atoms with Crippen LogP contribution in [0.3, 0.4) is 0 Å². The molecule has 3 rings (SSSR count). The number of halogens is 1. The summed E-state index contributed by atoms with van der Waals surface area (Å²) in [6.07, 6.45) is 1.39. The molecule has 0 radical (unpaired) electrons. The van der Waals surface area contributed by atoms with E-state index in [4.69, 9.17) is 5.73 Å². The average Bonchev–Trinajstić information content (AvgIpc) is 3.14. The molecular formula is C21H19FN6O2. The Bertz CT molecular complexity index is 1070. The van der Waals surface area contributed by atoms with E-state index in [-0.39, 0.29) is 30.9 Å². The number of primary amides is 1. The molecule has 0 unspecified atom stereocenters. The molecule has 2 amide bonds. The first-order valence-electron chi connectivity index (χ1n) is 9.10. The Hall–Kier alpha value is -4.19. The van der Waals surface area contributed by atoms with Crippen LogP contribution < -0.4 is 16.0 Å². The number of hydrogen-bond acceptors (Lipinski definition) is 5. The lowest BCUT2D eigenvalue weighted by Gasteiger charge is -2.24. The van der Waals surface area contributed by atoms with Gasteiger partial charge < -0.3 is 16.0 Å². The molecule has 30 heavy (non-hydrogen) atoms. The van der Waals surface area contributed by atoms with Crippen LogP contribution in [0.5, 0.6) is 0 Å². The van der Waals surface area contributed by atoms with Gasteiger partial charge in [-0.05, 0) is 36.4 Å². The van der Waals surface area contributed by atoms with Crippen molar-refractivity contribution in [3.8, 4) is 11.8 Å². The molecule has 0 aliphatic heterocycles. The van der Waals surface area contributed by atoms with E-state index in [1.807, 2.05) is 24.3 Å². The second-order valence-corrected chi connectivity index (χ2v) is 6.43. The van der Waals surface area contributed by atoms with Gasteiger partial charge in [-0.15, -0.1) is 0 Å². The van der Waals surface area contributed by atoms with Gasteiger partial charge in [-0.3, -0.25) is 9.59 Å². The maximum atomic E-state index is 13.3. The van der Waals surface area contributed by atoms with Gasteiger partial charge in [-0.1, -0.05) is 18.2 Å². The van der Waals surface area contributed by atoms with Crippen LogP contribution >= 0.6 is 0 Å². The molecule has 9 heteroatoms. The second kappa shape index (κ2) is 9.34. The Morgan fingerprint density at radius 1 is 1.17 bits per heavy atom. The highest BCUT2D eigenvalue weighted by molar-refractivity contribution is 5.94. The molecule has 0 spiro atoms. The Morgan fingerprint density at radius 2 is 1.87 bits per heavy atom. The third-order valence-corrected chi connectivity index (χ3v) is 4.30. The summed E-state index contributed by atoms with van der Waals surface area (Å²) in [5, 5.41) is 16.3. The number of anilines is 2. The van der Waals surface area contributed by atoms with E-state index in [1.165, 1.54) is 35.1 Å². The summed E-state index contributed by atoms with van der Waals surface area (Å²) in [5.74, 6) is -1.12. The highest BCUT2D eigenvalue weighted by Gasteiger charge is 2.18. The first kappa shape index (κ1) is 20.5. The number of aromatic nitrogens is 2. The molecule has 0 fully saturated rings. The van der Waals surface area contributed by atoms with Gasteiger partial charge in [-0.2, -0.15) is 10.4 Å². The zero-order chi connectivity index (χ0) is 21.5. The van der Waals surface area contributed by atoms with Crippen LogP contribution in [0, 0.1) is 17.1 Å². The summed E-state index contributed by atoms with van der Waals surface area (Å²) >= 11 is 0. The first-order valence-corrected chi connectivity index (χ1v) is 9.10. The monoisotopic (exact) mass is 406 g/mol. The van der Waals surface area contributed by atoms with Crippen LogP contribution in [0.2, 0.25) is 0 Å². The Kier molecular flexibility index (Phi) is 6.39. The molecule has 1 aromatic heterocycles. The van der Waals surface area contributed by atoms with Crippen LogP contribution in [0.25, 0.3) is 5.69 Å². The standard InChI is InChI=1S/C21H19FN6O2/c22-16-6-8-17(9-7-16)27(11-10-19(24)29)14-20(30)26-21-15(12-23)13-25-28(21)18-4-2-1-3-5-18/h1-9,13H,10-11,14H2,(H2,24,29)(H,26,30). The van der Waals surface area contributed by atoms with Crippen LogP contribution in [0.4, 0.5) is 15.9 Å². The largest absolute Gasteiger partial charge is 0.370 e. The number of para-hydroxylation sites is 1. The quantitative estimate of drug-likeness (QED) is 0.595. The fraction of sp³-hybridized carbons (Fsp3) is 0.143. The summed E-state index contributed by atoms with van der Waals surface area (Å²) in [4.78, 5) is 25.6. The highest BCUT2D eigenvalue weighted by atomic mass is 19.1. The maximum absolute atomic E-state index is 13.3. The van der Waals surface area contributed by atoms with Gasteiger partial charge >= 0.3 is 0 Å². The molecule has 0 saturated heterocycles. The predicted octanol–water partition coefficient (Wildman–Crippen LogP) is 2.20. The topological polar surface area (TPSA) is 117 Å². The van der Waals surface area contributed by atoms with Crippen LogP contribution in [-0.4, -0.2) is 34.7 Å². The molecule has 0 aliphatic rings. The van der Waals surface area contributed by atoms with Gasteiger partial charge in [-0.25, -0.2) is 9.07 Å². The molecule has 1 heterocycles. The van der Waals surface area contributed by atoms with Gasteiger partial charge in [0, 0.05) is 18.7 Å². The molecular weight excluding hydrogens is 387 g/mol. The third kappa shape index (κ3) is 4.99. The zero-order valence-electron chi connectivity index (χ0n) is 16.0. The third-order valence-electron chi connectivity index (χ3n) is 4.30. The van der Waals surface area contributed by atoms with E-state index in [9.17, 15) is 19.2 Å². The number of benzene rings is 2. The number of carbonyl (C=O) groups excluding carboxylic acids is 2. The molecule has 0 atom stereocenters. The fourth-order valence-corrected chi connectivity index (χ4v) is 2.86. The zero-order valence-corrected chi connectivity index (χ0v) is 16.0. The molecule has 0 saturated carbocycles. The number of hydrogen-bond donors (Lipinski definition) is 2. The van der Waals surface area contributed by atoms with E-state index >= 15 is 0 Å². The lowest BCUT2D eigenvalue weighted by Crippen LogP contribution is -2.36. The second-order valence-electron chi connectivity index (χ2n) is 6.43. The molecule has 2 aromatic carbocycles. The van der Waals surface area contributed by atoms with Gasteiger partial charge in [0.25, 0.3) is 0 Å². The Morgan fingerprint density at radius 3 is 2.50 bits per heavy atom. The van der Waals surface area contributed by atoms with Gasteiger partial charge in [0.15, 0.2) is 5.82 Å². The Labute approximate surface area is 172 Å². The summed E-state index contributed by atoms with van der Waals surface area (Å²) in [5.41, 5.74) is 6.68. The minimum Gasteiger partial charge on any atom is -0.370 e. The predicted molar refractivity (Wildman–Crippen MR) is 109 cm³/mol. The maximum Gasteiger partial charge on any atom is 0.245 e. The van der Waals surface area contributed by atoms with Crippen molar-refractivity contribution in [2.24, 2.45) is 5.73 Å².